The van der Waals surface area contributed by atoms with Gasteiger partial charge in [0, 0.05) is 6.42 Å². The summed E-state index contributed by atoms with van der Waals surface area (Å²) in [7, 11) is 0. The number of hydrogen-bond donors (Lipinski definition) is 0. The highest BCUT2D eigenvalue weighted by Crippen LogP contribution is 2.10. The van der Waals surface area contributed by atoms with E-state index >= 15 is 0 Å². The van der Waals surface area contributed by atoms with Crippen LogP contribution in [0.2, 0.25) is 0 Å². The van der Waals surface area contributed by atoms with E-state index < -0.39 is 4.83 Å². The second-order valence-electron chi connectivity index (χ2n) is 2.56. The highest BCUT2D eigenvalue weighted by molar-refractivity contribution is 9.10. The molecule has 0 aliphatic heterocycles. The predicted octanol–water partition coefficient (Wildman–Crippen LogP) is 1.66. The van der Waals surface area contributed by atoms with E-state index in [2.05, 4.69) is 15.9 Å². The van der Waals surface area contributed by atoms with Gasteiger partial charge in [-0.2, -0.15) is 0 Å². The van der Waals surface area contributed by atoms with Crippen molar-refractivity contribution in [3.63, 3.8) is 0 Å². The van der Waals surface area contributed by atoms with Crippen LogP contribution in [0.1, 0.15) is 26.7 Å². The number of carbonyl (C=O) groups is 2. The molecule has 4 nitrogen and oxygen atoms in total. The molecule has 14 heavy (non-hydrogen) atoms. The molecule has 0 aliphatic carbocycles. The Balaban J connectivity index is 3.67. The molecule has 0 saturated heterocycles. The Labute approximate surface area is 92.1 Å². The second-order valence-corrected chi connectivity index (χ2v) is 3.67. The average Bonchev–Trinajstić information content (AvgIpc) is 2.15. The van der Waals surface area contributed by atoms with Gasteiger partial charge in [-0.05, 0) is 20.3 Å². The minimum Gasteiger partial charge on any atom is -0.466 e. The van der Waals surface area contributed by atoms with Crippen molar-refractivity contribution >= 4 is 27.9 Å². The Kier molecular flexibility index (Phi) is 7.47. The SMILES string of the molecule is CCOC(=O)CC[C@@H](Br)C(=O)OCC. The number of alkyl halides is 1. The van der Waals surface area contributed by atoms with Gasteiger partial charge in [-0.15, -0.1) is 0 Å². The fraction of sp³-hybridized carbons (Fsp3) is 0.778. The maximum Gasteiger partial charge on any atom is 0.319 e. The van der Waals surface area contributed by atoms with Gasteiger partial charge in [0.25, 0.3) is 0 Å². The molecule has 82 valence electrons. The lowest BCUT2D eigenvalue weighted by atomic mass is 10.2. The summed E-state index contributed by atoms with van der Waals surface area (Å²) < 4.78 is 9.48. The first-order valence-corrected chi connectivity index (χ1v) is 5.49. The maximum atomic E-state index is 11.1. The normalized spacial score (nSPS) is 11.9. The van der Waals surface area contributed by atoms with E-state index in [0.717, 1.165) is 0 Å². The summed E-state index contributed by atoms with van der Waals surface area (Å²) in [6.07, 6.45) is 0.625. The standard InChI is InChI=1S/C9H15BrO4/c1-3-13-8(11)6-5-7(10)9(12)14-4-2/h7H,3-6H2,1-2H3/t7-/m1/s1. The topological polar surface area (TPSA) is 52.6 Å². The third kappa shape index (κ3) is 5.96. The van der Waals surface area contributed by atoms with Gasteiger partial charge in [0.05, 0.1) is 13.2 Å². The van der Waals surface area contributed by atoms with Crippen molar-refractivity contribution in [2.75, 3.05) is 13.2 Å². The Morgan fingerprint density at radius 3 is 2.29 bits per heavy atom. The molecule has 0 bridgehead atoms. The monoisotopic (exact) mass is 266 g/mol. The second kappa shape index (κ2) is 7.79. The van der Waals surface area contributed by atoms with E-state index in [1.54, 1.807) is 13.8 Å². The van der Waals surface area contributed by atoms with E-state index in [9.17, 15) is 9.59 Å². The van der Waals surface area contributed by atoms with Crippen LogP contribution in [0.15, 0.2) is 0 Å². The van der Waals surface area contributed by atoms with Crippen LogP contribution in [0.5, 0.6) is 0 Å². The lowest BCUT2D eigenvalue weighted by Gasteiger charge is -2.07. The van der Waals surface area contributed by atoms with Crippen LogP contribution >= 0.6 is 15.9 Å². The number of ether oxygens (including phenoxy) is 2. The fourth-order valence-corrected chi connectivity index (χ4v) is 1.19. The summed E-state index contributed by atoms with van der Waals surface area (Å²) in [4.78, 5) is 21.6. The molecular formula is C9H15BrO4. The van der Waals surface area contributed by atoms with Crippen LogP contribution in [-0.4, -0.2) is 30.0 Å². The highest BCUT2D eigenvalue weighted by atomic mass is 79.9. The van der Waals surface area contributed by atoms with Crippen LogP contribution in [0.25, 0.3) is 0 Å². The van der Waals surface area contributed by atoms with Gasteiger partial charge in [0.15, 0.2) is 0 Å². The zero-order valence-electron chi connectivity index (χ0n) is 8.42. The van der Waals surface area contributed by atoms with E-state index in [1.807, 2.05) is 0 Å². The van der Waals surface area contributed by atoms with Gasteiger partial charge in [-0.25, -0.2) is 0 Å². The van der Waals surface area contributed by atoms with Crippen molar-refractivity contribution in [3.8, 4) is 0 Å². The summed E-state index contributed by atoms with van der Waals surface area (Å²) in [5.41, 5.74) is 0. The summed E-state index contributed by atoms with van der Waals surface area (Å²) in [5, 5.41) is 0. The summed E-state index contributed by atoms with van der Waals surface area (Å²) in [6, 6.07) is 0. The first-order valence-electron chi connectivity index (χ1n) is 4.58. The van der Waals surface area contributed by atoms with Gasteiger partial charge in [0.2, 0.25) is 0 Å². The minimum absolute atomic E-state index is 0.225. The first kappa shape index (κ1) is 13.4. The van der Waals surface area contributed by atoms with Crippen molar-refractivity contribution in [2.45, 2.75) is 31.5 Å². The van der Waals surface area contributed by atoms with Crippen molar-refractivity contribution < 1.29 is 19.1 Å². The Morgan fingerprint density at radius 1 is 1.21 bits per heavy atom. The van der Waals surface area contributed by atoms with Crippen molar-refractivity contribution in [2.24, 2.45) is 0 Å². The lowest BCUT2D eigenvalue weighted by Crippen LogP contribution is -2.19. The predicted molar refractivity (Wildman–Crippen MR) is 55.2 cm³/mol. The quantitative estimate of drug-likeness (QED) is 0.542. The number of carbonyl (C=O) groups excluding carboxylic acids is 2. The molecule has 1 atom stereocenters. The number of hydrogen-bond acceptors (Lipinski definition) is 4. The largest absolute Gasteiger partial charge is 0.466 e. The summed E-state index contributed by atoms with van der Waals surface area (Å²) in [6.45, 7) is 4.20. The molecule has 0 radical (unpaired) electrons. The van der Waals surface area contributed by atoms with Gasteiger partial charge in [0.1, 0.15) is 4.83 Å². The van der Waals surface area contributed by atoms with E-state index in [0.29, 0.717) is 19.6 Å². The third-order valence-electron chi connectivity index (χ3n) is 1.45. The van der Waals surface area contributed by atoms with E-state index in [-0.39, 0.29) is 18.4 Å². The van der Waals surface area contributed by atoms with Crippen LogP contribution < -0.4 is 0 Å². The molecule has 0 amide bonds. The van der Waals surface area contributed by atoms with Crippen molar-refractivity contribution in [1.29, 1.82) is 0 Å². The third-order valence-corrected chi connectivity index (χ3v) is 2.28. The molecule has 0 heterocycles. The first-order chi connectivity index (χ1) is 6.61. The number of halogens is 1. The molecule has 0 fully saturated rings. The molecule has 0 N–H and O–H groups in total. The van der Waals surface area contributed by atoms with Crippen LogP contribution in [-0.2, 0) is 19.1 Å². The zero-order valence-corrected chi connectivity index (χ0v) is 10.0. The van der Waals surface area contributed by atoms with Gasteiger partial charge in [-0.3, -0.25) is 9.59 Å². The summed E-state index contributed by atoms with van der Waals surface area (Å²) >= 11 is 3.14. The smallest absolute Gasteiger partial charge is 0.319 e. The molecule has 0 aromatic rings. The molecule has 0 saturated carbocycles. The molecule has 0 rings (SSSR count). The van der Waals surface area contributed by atoms with Crippen LogP contribution in [0, 0.1) is 0 Å². The molecule has 0 aliphatic rings. The average molecular weight is 267 g/mol. The maximum absolute atomic E-state index is 11.1. The fourth-order valence-electron chi connectivity index (χ4n) is 0.828. The number of esters is 2. The van der Waals surface area contributed by atoms with Crippen LogP contribution in [0.3, 0.4) is 0 Å². The minimum atomic E-state index is -0.424. The van der Waals surface area contributed by atoms with Crippen molar-refractivity contribution in [1.82, 2.24) is 0 Å². The van der Waals surface area contributed by atoms with E-state index in [1.165, 1.54) is 0 Å². The number of rotatable bonds is 6. The molecule has 0 spiro atoms. The molecule has 0 aromatic heterocycles. The Hall–Kier alpha value is -0.580. The van der Waals surface area contributed by atoms with Gasteiger partial charge < -0.3 is 9.47 Å². The van der Waals surface area contributed by atoms with Crippen molar-refractivity contribution in [3.05, 3.63) is 0 Å². The summed E-state index contributed by atoms with van der Waals surface area (Å²) in [5.74, 6) is -0.627. The Bertz CT molecular complexity index is 193. The molecule has 5 heteroatoms. The Morgan fingerprint density at radius 2 is 1.79 bits per heavy atom. The van der Waals surface area contributed by atoms with Gasteiger partial charge >= 0.3 is 11.9 Å². The van der Waals surface area contributed by atoms with Gasteiger partial charge in [-0.1, -0.05) is 15.9 Å². The molecular weight excluding hydrogens is 252 g/mol. The van der Waals surface area contributed by atoms with Crippen LogP contribution in [0.4, 0.5) is 0 Å². The lowest BCUT2D eigenvalue weighted by molar-refractivity contribution is -0.144. The highest BCUT2D eigenvalue weighted by Gasteiger charge is 2.17. The molecule has 0 aromatic carbocycles. The van der Waals surface area contributed by atoms with E-state index in [4.69, 9.17) is 9.47 Å². The zero-order chi connectivity index (χ0) is 11.0. The molecule has 0 unspecified atom stereocenters.